The number of aryl methyl sites for hydroxylation is 1. The minimum absolute atomic E-state index is 0.104. The van der Waals surface area contributed by atoms with Gasteiger partial charge < -0.3 is 19.5 Å². The summed E-state index contributed by atoms with van der Waals surface area (Å²) in [6.45, 7) is 2.49. The second kappa shape index (κ2) is 7.94. The predicted molar refractivity (Wildman–Crippen MR) is 103 cm³/mol. The normalized spacial score (nSPS) is 18.9. The molecule has 0 radical (unpaired) electrons. The molecule has 1 aliphatic rings. The summed E-state index contributed by atoms with van der Waals surface area (Å²) in [7, 11) is 3.09. The van der Waals surface area contributed by atoms with Gasteiger partial charge in [-0.05, 0) is 48.2 Å². The third-order valence-corrected chi connectivity index (χ3v) is 5.66. The largest absolute Gasteiger partial charge is 0.507 e. The van der Waals surface area contributed by atoms with Crippen molar-refractivity contribution in [3.8, 4) is 5.75 Å². The molecule has 0 bridgehead atoms. The second-order valence-electron chi connectivity index (χ2n) is 6.18. The van der Waals surface area contributed by atoms with Crippen molar-refractivity contribution in [3.05, 3.63) is 57.3 Å². The van der Waals surface area contributed by atoms with E-state index in [2.05, 4.69) is 0 Å². The molecule has 1 fully saturated rings. The molecule has 1 unspecified atom stereocenters. The van der Waals surface area contributed by atoms with E-state index in [1.807, 2.05) is 18.4 Å². The van der Waals surface area contributed by atoms with E-state index in [1.165, 1.54) is 16.2 Å². The number of benzene rings is 1. The highest BCUT2D eigenvalue weighted by Gasteiger charge is 2.46. The van der Waals surface area contributed by atoms with Gasteiger partial charge in [0, 0.05) is 24.1 Å². The van der Waals surface area contributed by atoms with Crippen LogP contribution in [-0.2, 0) is 14.3 Å². The summed E-state index contributed by atoms with van der Waals surface area (Å²) in [4.78, 5) is 27.7. The van der Waals surface area contributed by atoms with Crippen molar-refractivity contribution < 1.29 is 24.2 Å². The fourth-order valence-corrected chi connectivity index (χ4v) is 4.19. The molecular formula is C20H21NO5S. The summed E-state index contributed by atoms with van der Waals surface area (Å²) in [6.07, 6.45) is 0. The first kappa shape index (κ1) is 19.1. The van der Waals surface area contributed by atoms with Crippen LogP contribution in [0.3, 0.4) is 0 Å². The molecule has 1 amide bonds. The van der Waals surface area contributed by atoms with Gasteiger partial charge in [-0.1, -0.05) is 0 Å². The quantitative estimate of drug-likeness (QED) is 0.468. The lowest BCUT2D eigenvalue weighted by Crippen LogP contribution is -2.32. The first-order valence-corrected chi connectivity index (χ1v) is 9.33. The summed E-state index contributed by atoms with van der Waals surface area (Å²) in [6, 6.07) is 8.03. The molecule has 7 heteroatoms. The Morgan fingerprint density at radius 2 is 1.89 bits per heavy atom. The number of aliphatic hydroxyl groups is 1. The minimum Gasteiger partial charge on any atom is -0.507 e. The number of ether oxygens (including phenoxy) is 2. The van der Waals surface area contributed by atoms with Crippen molar-refractivity contribution in [2.45, 2.75) is 13.0 Å². The smallest absolute Gasteiger partial charge is 0.295 e. The summed E-state index contributed by atoms with van der Waals surface area (Å²) >= 11 is 1.46. The van der Waals surface area contributed by atoms with Crippen LogP contribution in [0.1, 0.15) is 22.0 Å². The minimum atomic E-state index is -0.683. The standard InChI is InChI=1S/C20H21NO5S/c1-12-8-11-27-19(12)16-15(18(23)20(24)21(16)9-10-25-2)17(22)13-4-6-14(26-3)7-5-13/h4-8,11,16,22H,9-10H2,1-3H3/b17-15-. The SMILES string of the molecule is COCCN1C(=O)C(=O)/C(=C(\O)c2ccc(OC)cc2)C1c1sccc1C. The third-order valence-electron chi connectivity index (χ3n) is 4.59. The molecule has 1 atom stereocenters. The average Bonchev–Trinajstić information content (AvgIpc) is 3.21. The Morgan fingerprint density at radius 1 is 1.19 bits per heavy atom. The highest BCUT2D eigenvalue weighted by Crippen LogP contribution is 2.42. The number of ketones is 1. The van der Waals surface area contributed by atoms with E-state index in [-0.39, 0.29) is 17.9 Å². The molecular weight excluding hydrogens is 366 g/mol. The fourth-order valence-electron chi connectivity index (χ4n) is 3.14. The molecule has 2 heterocycles. The highest BCUT2D eigenvalue weighted by atomic mass is 32.1. The van der Waals surface area contributed by atoms with Crippen LogP contribution in [0.2, 0.25) is 0 Å². The molecule has 0 aliphatic carbocycles. The van der Waals surface area contributed by atoms with Crippen LogP contribution in [0.5, 0.6) is 5.75 Å². The topological polar surface area (TPSA) is 76.1 Å². The van der Waals surface area contributed by atoms with Crippen LogP contribution in [0.4, 0.5) is 0 Å². The van der Waals surface area contributed by atoms with Crippen LogP contribution in [0, 0.1) is 6.92 Å². The van der Waals surface area contributed by atoms with Gasteiger partial charge in [-0.3, -0.25) is 9.59 Å². The maximum Gasteiger partial charge on any atom is 0.295 e. The van der Waals surface area contributed by atoms with Gasteiger partial charge in [0.05, 0.1) is 25.3 Å². The number of methoxy groups -OCH3 is 2. The lowest BCUT2D eigenvalue weighted by atomic mass is 9.98. The van der Waals surface area contributed by atoms with Crippen molar-refractivity contribution in [2.75, 3.05) is 27.4 Å². The van der Waals surface area contributed by atoms with E-state index in [4.69, 9.17) is 9.47 Å². The van der Waals surface area contributed by atoms with Gasteiger partial charge in [-0.25, -0.2) is 0 Å². The number of hydrogen-bond donors (Lipinski definition) is 1. The van der Waals surface area contributed by atoms with E-state index < -0.39 is 17.7 Å². The predicted octanol–water partition coefficient (Wildman–Crippen LogP) is 3.13. The van der Waals surface area contributed by atoms with Crippen LogP contribution < -0.4 is 4.74 Å². The first-order valence-electron chi connectivity index (χ1n) is 8.45. The zero-order valence-electron chi connectivity index (χ0n) is 15.4. The van der Waals surface area contributed by atoms with Crippen LogP contribution in [0.25, 0.3) is 5.76 Å². The van der Waals surface area contributed by atoms with E-state index >= 15 is 0 Å². The molecule has 1 aromatic heterocycles. The first-order chi connectivity index (χ1) is 13.0. The number of nitrogens with zero attached hydrogens (tertiary/aromatic N) is 1. The number of likely N-dealkylation sites (tertiary alicyclic amines) is 1. The van der Waals surface area contributed by atoms with E-state index in [9.17, 15) is 14.7 Å². The molecule has 3 rings (SSSR count). The molecule has 1 aliphatic heterocycles. The third kappa shape index (κ3) is 3.48. The Labute approximate surface area is 161 Å². The van der Waals surface area contributed by atoms with Crippen molar-refractivity contribution in [2.24, 2.45) is 0 Å². The summed E-state index contributed by atoms with van der Waals surface area (Å²) < 4.78 is 10.2. The zero-order chi connectivity index (χ0) is 19.6. The van der Waals surface area contributed by atoms with Gasteiger partial charge in [-0.2, -0.15) is 0 Å². The molecule has 0 spiro atoms. The molecule has 1 N–H and O–H groups in total. The maximum atomic E-state index is 12.8. The Morgan fingerprint density at radius 3 is 2.44 bits per heavy atom. The van der Waals surface area contributed by atoms with Crippen LogP contribution >= 0.6 is 11.3 Å². The summed E-state index contributed by atoms with van der Waals surface area (Å²) in [5, 5.41) is 12.8. The Hall–Kier alpha value is -2.64. The lowest BCUT2D eigenvalue weighted by molar-refractivity contribution is -0.140. The van der Waals surface area contributed by atoms with E-state index in [0.29, 0.717) is 17.9 Å². The van der Waals surface area contributed by atoms with Gasteiger partial charge in [0.1, 0.15) is 11.5 Å². The second-order valence-corrected chi connectivity index (χ2v) is 7.13. The fraction of sp³-hybridized carbons (Fsp3) is 0.300. The molecule has 2 aromatic rings. The molecule has 27 heavy (non-hydrogen) atoms. The Bertz CT molecular complexity index is 884. The number of carbonyl (C=O) groups excluding carboxylic acids is 2. The van der Waals surface area contributed by atoms with Gasteiger partial charge in [0.15, 0.2) is 0 Å². The van der Waals surface area contributed by atoms with Gasteiger partial charge in [0.25, 0.3) is 11.7 Å². The Kier molecular flexibility index (Phi) is 5.62. The van der Waals surface area contributed by atoms with E-state index in [0.717, 1.165) is 10.4 Å². The van der Waals surface area contributed by atoms with Gasteiger partial charge in [0.2, 0.25) is 0 Å². The number of Topliss-reactive ketones (excluding diaryl/α,β-unsaturated/α-hetero) is 1. The molecule has 1 saturated heterocycles. The van der Waals surface area contributed by atoms with Crippen molar-refractivity contribution in [3.63, 3.8) is 0 Å². The summed E-state index contributed by atoms with van der Waals surface area (Å²) in [5.41, 5.74) is 1.53. The zero-order valence-corrected chi connectivity index (χ0v) is 16.2. The monoisotopic (exact) mass is 387 g/mol. The van der Waals surface area contributed by atoms with Crippen LogP contribution in [0.15, 0.2) is 41.3 Å². The van der Waals surface area contributed by atoms with Gasteiger partial charge in [-0.15, -0.1) is 11.3 Å². The Balaban J connectivity index is 2.13. The van der Waals surface area contributed by atoms with E-state index in [1.54, 1.807) is 38.5 Å². The van der Waals surface area contributed by atoms with Crippen LogP contribution in [-0.4, -0.2) is 49.1 Å². The van der Waals surface area contributed by atoms with Crippen molar-refractivity contribution in [1.29, 1.82) is 0 Å². The number of amides is 1. The number of carbonyl (C=O) groups is 2. The molecule has 6 nitrogen and oxygen atoms in total. The highest BCUT2D eigenvalue weighted by molar-refractivity contribution is 7.10. The van der Waals surface area contributed by atoms with Gasteiger partial charge >= 0.3 is 0 Å². The lowest BCUT2D eigenvalue weighted by Gasteiger charge is -2.24. The molecule has 1 aromatic carbocycles. The number of hydrogen-bond acceptors (Lipinski definition) is 6. The van der Waals surface area contributed by atoms with Crippen molar-refractivity contribution >= 4 is 28.8 Å². The van der Waals surface area contributed by atoms with Crippen molar-refractivity contribution in [1.82, 2.24) is 4.90 Å². The molecule has 0 saturated carbocycles. The number of aliphatic hydroxyl groups excluding tert-OH is 1. The number of thiophene rings is 1. The maximum absolute atomic E-state index is 12.8. The molecule has 142 valence electrons. The number of rotatable bonds is 6. The summed E-state index contributed by atoms with van der Waals surface area (Å²) in [5.74, 6) is -0.858. The average molecular weight is 387 g/mol.